The number of ketones is 1. The average Bonchev–Trinajstić information content (AvgIpc) is 2.35. The van der Waals surface area contributed by atoms with E-state index in [1.807, 2.05) is 6.07 Å². The van der Waals surface area contributed by atoms with E-state index in [1.54, 1.807) is 24.3 Å². The molecule has 1 unspecified atom stereocenters. The molecule has 94 valence electrons. The smallest absolute Gasteiger partial charge is 0.244 e. The van der Waals surface area contributed by atoms with Gasteiger partial charge in [0.15, 0.2) is 5.78 Å². The van der Waals surface area contributed by atoms with Crippen LogP contribution in [-0.2, 0) is 14.4 Å². The first-order valence-corrected chi connectivity index (χ1v) is 5.74. The number of para-hydroxylation sites is 1. The van der Waals surface area contributed by atoms with Crippen LogP contribution < -0.4 is 10.2 Å². The van der Waals surface area contributed by atoms with E-state index in [0.29, 0.717) is 5.69 Å². The summed E-state index contributed by atoms with van der Waals surface area (Å²) >= 11 is 0. The number of rotatable bonds is 2. The number of Topliss-reactive ketones (excluding diaryl/α,β-unsaturated/α-hetero) is 1. The number of nitrogens with one attached hydrogen (secondary N) is 1. The van der Waals surface area contributed by atoms with Crippen LogP contribution in [0.3, 0.4) is 0 Å². The van der Waals surface area contributed by atoms with Gasteiger partial charge in [0, 0.05) is 19.0 Å². The van der Waals surface area contributed by atoms with E-state index in [9.17, 15) is 14.4 Å². The Labute approximate surface area is 105 Å². The summed E-state index contributed by atoms with van der Waals surface area (Å²) in [4.78, 5) is 36.3. The van der Waals surface area contributed by atoms with Crippen molar-refractivity contribution in [1.29, 1.82) is 0 Å². The van der Waals surface area contributed by atoms with Crippen LogP contribution in [-0.4, -0.2) is 30.2 Å². The molecule has 1 N–H and O–H groups in total. The summed E-state index contributed by atoms with van der Waals surface area (Å²) in [5, 5.41) is 2.50. The van der Waals surface area contributed by atoms with Crippen molar-refractivity contribution < 1.29 is 14.4 Å². The molecule has 1 aliphatic rings. The van der Waals surface area contributed by atoms with Crippen LogP contribution in [0.4, 0.5) is 5.69 Å². The Bertz CT molecular complexity index is 484. The molecular formula is C13H14N2O3. The number of carbonyl (C=O) groups excluding carboxylic acids is 3. The van der Waals surface area contributed by atoms with Crippen molar-refractivity contribution in [2.75, 3.05) is 11.4 Å². The van der Waals surface area contributed by atoms with E-state index in [4.69, 9.17) is 0 Å². The molecule has 1 fully saturated rings. The number of hydrogen-bond donors (Lipinski definition) is 1. The zero-order valence-electron chi connectivity index (χ0n) is 10.1. The molecule has 1 heterocycles. The van der Waals surface area contributed by atoms with Crippen molar-refractivity contribution in [2.45, 2.75) is 19.4 Å². The Hall–Kier alpha value is -2.17. The average molecular weight is 246 g/mol. The topological polar surface area (TPSA) is 66.5 Å². The summed E-state index contributed by atoms with van der Waals surface area (Å²) in [5.74, 6) is -0.605. The molecule has 1 atom stereocenters. The monoisotopic (exact) mass is 246 g/mol. The van der Waals surface area contributed by atoms with Gasteiger partial charge in [0.05, 0.1) is 6.54 Å². The minimum atomic E-state index is -0.744. The minimum absolute atomic E-state index is 0.0515. The van der Waals surface area contributed by atoms with Gasteiger partial charge in [-0.2, -0.15) is 0 Å². The van der Waals surface area contributed by atoms with Crippen molar-refractivity contribution in [1.82, 2.24) is 5.32 Å². The molecule has 0 spiro atoms. The number of benzene rings is 1. The Morgan fingerprint density at radius 2 is 1.94 bits per heavy atom. The predicted octanol–water partition coefficient (Wildman–Crippen LogP) is 0.497. The van der Waals surface area contributed by atoms with Gasteiger partial charge in [-0.05, 0) is 12.1 Å². The fraction of sp³-hybridized carbons (Fsp3) is 0.308. The maximum Gasteiger partial charge on any atom is 0.244 e. The van der Waals surface area contributed by atoms with Crippen molar-refractivity contribution in [3.63, 3.8) is 0 Å². The first-order chi connectivity index (χ1) is 8.59. The lowest BCUT2D eigenvalue weighted by Gasteiger charge is -2.32. The molecule has 1 aromatic carbocycles. The van der Waals surface area contributed by atoms with Crippen molar-refractivity contribution in [3.05, 3.63) is 30.3 Å². The number of nitrogens with zero attached hydrogens (tertiary/aromatic N) is 1. The summed E-state index contributed by atoms with van der Waals surface area (Å²) in [7, 11) is 0. The maximum atomic E-state index is 11.8. The highest BCUT2D eigenvalue weighted by Gasteiger charge is 2.34. The highest BCUT2D eigenvalue weighted by molar-refractivity contribution is 6.04. The molecule has 18 heavy (non-hydrogen) atoms. The summed E-state index contributed by atoms with van der Waals surface area (Å²) in [5.41, 5.74) is 0.625. The molecule has 1 saturated heterocycles. The Balaban J connectivity index is 2.33. The minimum Gasteiger partial charge on any atom is -0.347 e. The largest absolute Gasteiger partial charge is 0.347 e. The molecular weight excluding hydrogens is 232 g/mol. The third kappa shape index (κ3) is 2.40. The second kappa shape index (κ2) is 5.00. The van der Waals surface area contributed by atoms with Crippen molar-refractivity contribution >= 4 is 23.3 Å². The normalized spacial score (nSPS) is 19.3. The van der Waals surface area contributed by atoms with E-state index in [-0.39, 0.29) is 30.6 Å². The van der Waals surface area contributed by atoms with Gasteiger partial charge in [-0.15, -0.1) is 0 Å². The molecule has 0 aliphatic carbocycles. The number of carbonyl (C=O) groups is 3. The van der Waals surface area contributed by atoms with Crippen LogP contribution in [0.5, 0.6) is 0 Å². The molecule has 0 bridgehead atoms. The van der Waals surface area contributed by atoms with Gasteiger partial charge in [-0.1, -0.05) is 18.2 Å². The molecule has 2 rings (SSSR count). The fourth-order valence-electron chi connectivity index (χ4n) is 2.06. The molecule has 0 radical (unpaired) electrons. The van der Waals surface area contributed by atoms with Gasteiger partial charge in [-0.25, -0.2) is 0 Å². The van der Waals surface area contributed by atoms with Gasteiger partial charge >= 0.3 is 0 Å². The van der Waals surface area contributed by atoms with E-state index < -0.39 is 6.04 Å². The van der Waals surface area contributed by atoms with Crippen LogP contribution in [0, 0.1) is 0 Å². The van der Waals surface area contributed by atoms with E-state index >= 15 is 0 Å². The first-order valence-electron chi connectivity index (χ1n) is 5.74. The third-order valence-electron chi connectivity index (χ3n) is 2.87. The number of hydrogen-bond acceptors (Lipinski definition) is 3. The number of anilines is 1. The summed E-state index contributed by atoms with van der Waals surface area (Å²) in [6.07, 6.45) is 0.0697. The first kappa shape index (κ1) is 12.3. The van der Waals surface area contributed by atoms with Crippen LogP contribution in [0.15, 0.2) is 30.3 Å². The van der Waals surface area contributed by atoms with E-state index in [0.717, 1.165) is 0 Å². The zero-order valence-corrected chi connectivity index (χ0v) is 10.1. The van der Waals surface area contributed by atoms with Crippen molar-refractivity contribution in [2.24, 2.45) is 0 Å². The summed E-state index contributed by atoms with van der Waals surface area (Å²) in [6, 6.07) is 8.14. The SMILES string of the molecule is CC(=O)N(c1ccccc1)C1CC(=O)CNC1=O. The van der Waals surface area contributed by atoms with Crippen LogP contribution >= 0.6 is 0 Å². The molecule has 5 nitrogen and oxygen atoms in total. The molecule has 2 amide bonds. The fourth-order valence-corrected chi connectivity index (χ4v) is 2.06. The Morgan fingerprint density at radius 3 is 2.56 bits per heavy atom. The highest BCUT2D eigenvalue weighted by Crippen LogP contribution is 2.20. The van der Waals surface area contributed by atoms with Crippen molar-refractivity contribution in [3.8, 4) is 0 Å². The van der Waals surface area contributed by atoms with Crippen LogP contribution in [0.25, 0.3) is 0 Å². The Kier molecular flexibility index (Phi) is 3.41. The maximum absolute atomic E-state index is 11.8. The lowest BCUT2D eigenvalue weighted by Crippen LogP contribution is -2.55. The lowest BCUT2D eigenvalue weighted by molar-refractivity contribution is -0.132. The second-order valence-corrected chi connectivity index (χ2v) is 4.20. The van der Waals surface area contributed by atoms with E-state index in [1.165, 1.54) is 11.8 Å². The molecule has 1 aromatic rings. The third-order valence-corrected chi connectivity index (χ3v) is 2.87. The summed E-state index contributed by atoms with van der Waals surface area (Å²) < 4.78 is 0. The quantitative estimate of drug-likeness (QED) is 0.826. The van der Waals surface area contributed by atoms with Crippen LogP contribution in [0.1, 0.15) is 13.3 Å². The predicted molar refractivity (Wildman–Crippen MR) is 66.0 cm³/mol. The van der Waals surface area contributed by atoms with Gasteiger partial charge < -0.3 is 5.32 Å². The number of amides is 2. The Morgan fingerprint density at radius 1 is 1.28 bits per heavy atom. The second-order valence-electron chi connectivity index (χ2n) is 4.20. The standard InChI is InChI=1S/C13H14N2O3/c1-9(16)15(10-5-3-2-4-6-10)12-7-11(17)8-14-13(12)18/h2-6,12H,7-8H2,1H3,(H,14,18). The van der Waals surface area contributed by atoms with Gasteiger partial charge in [-0.3, -0.25) is 19.3 Å². The van der Waals surface area contributed by atoms with E-state index in [2.05, 4.69) is 5.32 Å². The number of piperidine rings is 1. The molecule has 5 heteroatoms. The molecule has 0 saturated carbocycles. The van der Waals surface area contributed by atoms with Gasteiger partial charge in [0.25, 0.3) is 0 Å². The highest BCUT2D eigenvalue weighted by atomic mass is 16.2. The van der Waals surface area contributed by atoms with Gasteiger partial charge in [0.1, 0.15) is 6.04 Å². The molecule has 0 aromatic heterocycles. The zero-order chi connectivity index (χ0) is 13.1. The van der Waals surface area contributed by atoms with Crippen LogP contribution in [0.2, 0.25) is 0 Å². The lowest BCUT2D eigenvalue weighted by atomic mass is 10.0. The molecule has 1 aliphatic heterocycles. The summed E-state index contributed by atoms with van der Waals surface area (Å²) in [6.45, 7) is 1.44. The van der Waals surface area contributed by atoms with Gasteiger partial charge in [0.2, 0.25) is 11.8 Å².